The van der Waals surface area contributed by atoms with Crippen LogP contribution in [0, 0.1) is 6.92 Å². The summed E-state index contributed by atoms with van der Waals surface area (Å²) in [6, 6.07) is 10.9. The Labute approximate surface area is 99.2 Å². The first-order valence-corrected chi connectivity index (χ1v) is 6.56. The number of hydrogen-bond acceptors (Lipinski definition) is 0. The van der Waals surface area contributed by atoms with E-state index < -0.39 is 0 Å². The lowest BCUT2D eigenvalue weighted by atomic mass is 10.2. The minimum Gasteiger partial charge on any atom is -0.345 e. The number of rotatable bonds is 4. The van der Waals surface area contributed by atoms with Crippen LogP contribution in [0.4, 0.5) is 0 Å². The van der Waals surface area contributed by atoms with Gasteiger partial charge >= 0.3 is 0 Å². The van der Waals surface area contributed by atoms with Crippen LogP contribution in [0.1, 0.15) is 18.5 Å². The summed E-state index contributed by atoms with van der Waals surface area (Å²) in [5.41, 5.74) is 2.73. The molecule has 1 aromatic heterocycles. The third-order valence-corrected chi connectivity index (χ3v) is 3.34. The van der Waals surface area contributed by atoms with Gasteiger partial charge in [-0.3, -0.25) is 0 Å². The standard InChI is InChI=1S/C13H16BrN/c1-11-10-12-6-2-3-7-13(12)15(11)9-5-4-8-14/h2-3,6-7,10H,4-5,8-9H2,1H3. The van der Waals surface area contributed by atoms with Gasteiger partial charge in [0, 0.05) is 23.1 Å². The van der Waals surface area contributed by atoms with Gasteiger partial charge in [-0.15, -0.1) is 0 Å². The third kappa shape index (κ3) is 2.25. The van der Waals surface area contributed by atoms with Crippen molar-refractivity contribution in [2.45, 2.75) is 26.3 Å². The molecule has 1 aromatic carbocycles. The predicted octanol–water partition coefficient (Wildman–Crippen LogP) is 4.12. The van der Waals surface area contributed by atoms with Gasteiger partial charge in [-0.2, -0.15) is 0 Å². The van der Waals surface area contributed by atoms with Gasteiger partial charge in [-0.1, -0.05) is 34.1 Å². The molecule has 2 rings (SSSR count). The van der Waals surface area contributed by atoms with Crippen molar-refractivity contribution in [2.75, 3.05) is 5.33 Å². The molecule has 15 heavy (non-hydrogen) atoms. The van der Waals surface area contributed by atoms with Crippen molar-refractivity contribution >= 4 is 26.8 Å². The molecule has 0 N–H and O–H groups in total. The molecule has 0 bridgehead atoms. The minimum atomic E-state index is 1.10. The van der Waals surface area contributed by atoms with Gasteiger partial charge in [0.2, 0.25) is 0 Å². The second kappa shape index (κ2) is 4.84. The highest BCUT2D eigenvalue weighted by molar-refractivity contribution is 9.09. The number of para-hydroxylation sites is 1. The summed E-state index contributed by atoms with van der Waals surface area (Å²) in [5, 5.41) is 2.46. The van der Waals surface area contributed by atoms with Crippen LogP contribution in [0.25, 0.3) is 10.9 Å². The molecule has 1 nitrogen and oxygen atoms in total. The number of halogens is 1. The Bertz CT molecular complexity index is 445. The molecule has 2 heteroatoms. The Balaban J connectivity index is 2.28. The summed E-state index contributed by atoms with van der Waals surface area (Å²) >= 11 is 3.47. The highest BCUT2D eigenvalue weighted by Gasteiger charge is 2.03. The topological polar surface area (TPSA) is 4.93 Å². The van der Waals surface area contributed by atoms with E-state index in [-0.39, 0.29) is 0 Å². The van der Waals surface area contributed by atoms with E-state index >= 15 is 0 Å². The predicted molar refractivity (Wildman–Crippen MR) is 69.7 cm³/mol. The van der Waals surface area contributed by atoms with Crippen molar-refractivity contribution in [1.29, 1.82) is 0 Å². The van der Waals surface area contributed by atoms with Crippen LogP contribution >= 0.6 is 15.9 Å². The Morgan fingerprint density at radius 1 is 1.20 bits per heavy atom. The smallest absolute Gasteiger partial charge is 0.0482 e. The molecule has 80 valence electrons. The van der Waals surface area contributed by atoms with E-state index in [4.69, 9.17) is 0 Å². The average molecular weight is 266 g/mol. The van der Waals surface area contributed by atoms with E-state index in [0.29, 0.717) is 0 Å². The van der Waals surface area contributed by atoms with Gasteiger partial charge in [-0.25, -0.2) is 0 Å². The lowest BCUT2D eigenvalue weighted by molar-refractivity contribution is 0.642. The molecule has 2 aromatic rings. The van der Waals surface area contributed by atoms with Crippen molar-refractivity contribution in [3.8, 4) is 0 Å². The molecular formula is C13H16BrN. The van der Waals surface area contributed by atoms with Crippen molar-refractivity contribution in [1.82, 2.24) is 4.57 Å². The number of nitrogens with zero attached hydrogens (tertiary/aromatic N) is 1. The Hall–Kier alpha value is -0.760. The summed E-state index contributed by atoms with van der Waals surface area (Å²) in [4.78, 5) is 0. The van der Waals surface area contributed by atoms with Crippen LogP contribution in [-0.2, 0) is 6.54 Å². The van der Waals surface area contributed by atoms with E-state index in [1.165, 1.54) is 29.4 Å². The summed E-state index contributed by atoms with van der Waals surface area (Å²) in [7, 11) is 0. The number of aryl methyl sites for hydroxylation is 2. The molecule has 0 amide bonds. The summed E-state index contributed by atoms with van der Waals surface area (Å²) in [6.07, 6.45) is 2.48. The lowest BCUT2D eigenvalue weighted by Crippen LogP contribution is -1.99. The van der Waals surface area contributed by atoms with Crippen LogP contribution in [-0.4, -0.2) is 9.90 Å². The van der Waals surface area contributed by atoms with Crippen molar-refractivity contribution in [3.05, 3.63) is 36.0 Å². The summed E-state index contributed by atoms with van der Waals surface area (Å²) in [5.74, 6) is 0. The van der Waals surface area contributed by atoms with Crippen molar-refractivity contribution in [3.63, 3.8) is 0 Å². The monoisotopic (exact) mass is 265 g/mol. The van der Waals surface area contributed by atoms with Crippen LogP contribution < -0.4 is 0 Å². The molecule has 0 aliphatic carbocycles. The number of fused-ring (bicyclic) bond motifs is 1. The zero-order valence-electron chi connectivity index (χ0n) is 9.04. The van der Waals surface area contributed by atoms with Gasteiger partial charge in [0.05, 0.1) is 0 Å². The van der Waals surface area contributed by atoms with Gasteiger partial charge in [0.1, 0.15) is 0 Å². The molecule has 0 aliphatic rings. The van der Waals surface area contributed by atoms with E-state index in [2.05, 4.69) is 57.8 Å². The Morgan fingerprint density at radius 3 is 2.80 bits per heavy atom. The van der Waals surface area contributed by atoms with E-state index in [9.17, 15) is 0 Å². The Morgan fingerprint density at radius 2 is 2.00 bits per heavy atom. The number of hydrogen-bond donors (Lipinski definition) is 0. The minimum absolute atomic E-state index is 1.10. The number of benzene rings is 1. The zero-order chi connectivity index (χ0) is 10.7. The van der Waals surface area contributed by atoms with E-state index in [1.54, 1.807) is 0 Å². The van der Waals surface area contributed by atoms with E-state index in [0.717, 1.165) is 11.9 Å². The van der Waals surface area contributed by atoms with Gasteiger partial charge in [0.25, 0.3) is 0 Å². The second-order valence-corrected chi connectivity index (χ2v) is 4.69. The lowest BCUT2D eigenvalue weighted by Gasteiger charge is -2.07. The maximum absolute atomic E-state index is 3.47. The number of alkyl halides is 1. The molecule has 0 saturated carbocycles. The first-order chi connectivity index (χ1) is 7.33. The molecular weight excluding hydrogens is 250 g/mol. The summed E-state index contributed by atoms with van der Waals surface area (Å²) in [6.45, 7) is 3.32. The van der Waals surface area contributed by atoms with Crippen molar-refractivity contribution < 1.29 is 0 Å². The first kappa shape index (κ1) is 10.7. The zero-order valence-corrected chi connectivity index (χ0v) is 10.6. The van der Waals surface area contributed by atoms with Crippen LogP contribution in [0.2, 0.25) is 0 Å². The van der Waals surface area contributed by atoms with Crippen molar-refractivity contribution in [2.24, 2.45) is 0 Å². The highest BCUT2D eigenvalue weighted by atomic mass is 79.9. The van der Waals surface area contributed by atoms with Crippen LogP contribution in [0.3, 0.4) is 0 Å². The largest absolute Gasteiger partial charge is 0.345 e. The molecule has 0 atom stereocenters. The molecule has 0 unspecified atom stereocenters. The molecule has 0 fully saturated rings. The van der Waals surface area contributed by atoms with Gasteiger partial charge in [-0.05, 0) is 37.3 Å². The SMILES string of the molecule is Cc1cc2ccccc2n1CCCCBr. The number of aromatic nitrogens is 1. The third-order valence-electron chi connectivity index (χ3n) is 2.78. The maximum atomic E-state index is 3.47. The maximum Gasteiger partial charge on any atom is 0.0482 e. The van der Waals surface area contributed by atoms with Crippen LogP contribution in [0.15, 0.2) is 30.3 Å². The Kier molecular flexibility index (Phi) is 3.47. The second-order valence-electron chi connectivity index (χ2n) is 3.89. The fourth-order valence-corrected chi connectivity index (χ4v) is 2.41. The fraction of sp³-hybridized carbons (Fsp3) is 0.385. The normalized spacial score (nSPS) is 11.1. The van der Waals surface area contributed by atoms with Gasteiger partial charge in [0.15, 0.2) is 0 Å². The van der Waals surface area contributed by atoms with Gasteiger partial charge < -0.3 is 4.57 Å². The average Bonchev–Trinajstić information content (AvgIpc) is 2.56. The quantitative estimate of drug-likeness (QED) is 0.579. The molecule has 0 aliphatic heterocycles. The van der Waals surface area contributed by atoms with Crippen LogP contribution in [0.5, 0.6) is 0 Å². The molecule has 0 radical (unpaired) electrons. The molecule has 0 saturated heterocycles. The highest BCUT2D eigenvalue weighted by Crippen LogP contribution is 2.19. The molecule has 0 spiro atoms. The fourth-order valence-electron chi connectivity index (χ4n) is 2.01. The number of unbranched alkanes of at least 4 members (excludes halogenated alkanes) is 1. The summed E-state index contributed by atoms with van der Waals surface area (Å²) < 4.78 is 2.41. The van der Waals surface area contributed by atoms with E-state index in [1.807, 2.05) is 0 Å². The first-order valence-electron chi connectivity index (χ1n) is 5.44. The molecule has 1 heterocycles.